The number of hydrogen-bond donors (Lipinski definition) is 2. The number of non-ortho nitro benzene ring substituents is 1. The molecule has 1 aromatic heterocycles. The number of nitrogens with zero attached hydrogens (tertiary/aromatic N) is 4. The largest absolute Gasteiger partial charge is 0.497 e. The molecule has 0 aliphatic rings. The number of carbonyl (C=O) groups is 1. The SMILES string of the molecule is CCC[C@@H](CN(Cc1cccc2ccccc12)C(=S)Nc1ccc(OC)cc1)NC(=O)Cc1cncn1Cc1ccc([N+](=O)[O-])cc1. The van der Waals surface area contributed by atoms with Crippen LogP contribution in [-0.2, 0) is 24.3 Å². The third-order valence-electron chi connectivity index (χ3n) is 7.95. The zero-order chi connectivity index (χ0) is 33.2. The lowest BCUT2D eigenvalue weighted by atomic mass is 10.0. The van der Waals surface area contributed by atoms with Crippen molar-refractivity contribution >= 4 is 45.4 Å². The van der Waals surface area contributed by atoms with E-state index in [0.717, 1.165) is 51.9 Å². The molecule has 11 heteroatoms. The highest BCUT2D eigenvalue weighted by molar-refractivity contribution is 7.80. The fraction of sp³-hybridized carbons (Fsp3) is 0.250. The van der Waals surface area contributed by atoms with Crippen molar-refractivity contribution < 1.29 is 14.5 Å². The van der Waals surface area contributed by atoms with E-state index >= 15 is 0 Å². The Morgan fingerprint density at radius 2 is 1.79 bits per heavy atom. The summed E-state index contributed by atoms with van der Waals surface area (Å²) in [5, 5.41) is 20.5. The predicted molar refractivity (Wildman–Crippen MR) is 189 cm³/mol. The van der Waals surface area contributed by atoms with Crippen LogP contribution in [0.2, 0.25) is 0 Å². The molecule has 0 bridgehead atoms. The lowest BCUT2D eigenvalue weighted by Crippen LogP contribution is -2.47. The smallest absolute Gasteiger partial charge is 0.269 e. The van der Waals surface area contributed by atoms with Gasteiger partial charge in [-0.25, -0.2) is 4.98 Å². The zero-order valence-electron chi connectivity index (χ0n) is 26.5. The topological polar surface area (TPSA) is 115 Å². The van der Waals surface area contributed by atoms with E-state index in [0.29, 0.717) is 24.7 Å². The normalized spacial score (nSPS) is 11.5. The first-order valence-corrected chi connectivity index (χ1v) is 15.9. The van der Waals surface area contributed by atoms with E-state index in [2.05, 4.69) is 57.8 Å². The van der Waals surface area contributed by atoms with E-state index in [1.165, 1.54) is 12.1 Å². The van der Waals surface area contributed by atoms with Gasteiger partial charge in [-0.3, -0.25) is 14.9 Å². The zero-order valence-corrected chi connectivity index (χ0v) is 27.3. The van der Waals surface area contributed by atoms with E-state index < -0.39 is 4.92 Å². The Hall–Kier alpha value is -5.29. The molecule has 0 saturated carbocycles. The van der Waals surface area contributed by atoms with Gasteiger partial charge in [0.1, 0.15) is 5.75 Å². The van der Waals surface area contributed by atoms with Gasteiger partial charge in [0.05, 0.1) is 24.8 Å². The first-order chi connectivity index (χ1) is 22.8. The monoisotopic (exact) mass is 650 g/mol. The number of nitrogens with one attached hydrogen (secondary N) is 2. The summed E-state index contributed by atoms with van der Waals surface area (Å²) in [5.74, 6) is 0.641. The molecule has 0 aliphatic carbocycles. The number of aromatic nitrogens is 2. The van der Waals surface area contributed by atoms with Gasteiger partial charge in [-0.2, -0.15) is 0 Å². The molecule has 0 saturated heterocycles. The average molecular weight is 651 g/mol. The van der Waals surface area contributed by atoms with Gasteiger partial charge in [0.2, 0.25) is 5.91 Å². The van der Waals surface area contributed by atoms with Crippen LogP contribution in [0.1, 0.15) is 36.6 Å². The molecule has 1 heterocycles. The summed E-state index contributed by atoms with van der Waals surface area (Å²) >= 11 is 5.97. The number of rotatable bonds is 14. The van der Waals surface area contributed by atoms with Gasteiger partial charge < -0.3 is 24.8 Å². The van der Waals surface area contributed by atoms with Crippen molar-refractivity contribution in [2.24, 2.45) is 0 Å². The summed E-state index contributed by atoms with van der Waals surface area (Å²) in [6.45, 7) is 3.61. The van der Waals surface area contributed by atoms with Gasteiger partial charge in [-0.05, 0) is 64.8 Å². The van der Waals surface area contributed by atoms with Crippen LogP contribution >= 0.6 is 12.2 Å². The molecule has 0 radical (unpaired) electrons. The van der Waals surface area contributed by atoms with Gasteiger partial charge in [0.15, 0.2) is 5.11 Å². The standard InChI is InChI=1S/C36H38N6O4S/c1-3-7-30(38-35(43)20-32-21-37-25-41(32)22-26-12-16-31(17-13-26)42(44)45)24-40(36(47)39-29-14-18-33(46-2)19-15-29)23-28-10-6-9-27-8-4-5-11-34(27)28/h4-6,8-19,21,25,30H,3,7,20,22-24H2,1-2H3,(H,38,43)(H,39,47)/t30-/m0/s1. The molecule has 0 unspecified atom stereocenters. The highest BCUT2D eigenvalue weighted by Gasteiger charge is 2.21. The van der Waals surface area contributed by atoms with E-state index in [4.69, 9.17) is 17.0 Å². The van der Waals surface area contributed by atoms with Gasteiger partial charge in [0, 0.05) is 55.4 Å². The molecule has 0 spiro atoms. The quantitative estimate of drug-likeness (QED) is 0.0773. The van der Waals surface area contributed by atoms with Gasteiger partial charge >= 0.3 is 0 Å². The number of hydrogen-bond acceptors (Lipinski definition) is 6. The summed E-state index contributed by atoms with van der Waals surface area (Å²) in [5.41, 5.74) is 3.64. The molecule has 2 N–H and O–H groups in total. The second-order valence-corrected chi connectivity index (χ2v) is 11.7. The van der Waals surface area contributed by atoms with Crippen molar-refractivity contribution in [2.45, 2.75) is 45.3 Å². The maximum atomic E-state index is 13.4. The van der Waals surface area contributed by atoms with Gasteiger partial charge in [-0.15, -0.1) is 0 Å². The van der Waals surface area contributed by atoms with Crippen molar-refractivity contribution in [1.82, 2.24) is 19.8 Å². The Morgan fingerprint density at radius 1 is 1.04 bits per heavy atom. The molecule has 5 rings (SSSR count). The number of amides is 1. The van der Waals surface area contributed by atoms with E-state index in [1.807, 2.05) is 41.0 Å². The predicted octanol–water partition coefficient (Wildman–Crippen LogP) is 6.73. The van der Waals surface area contributed by atoms with Crippen molar-refractivity contribution in [1.29, 1.82) is 0 Å². The average Bonchev–Trinajstić information content (AvgIpc) is 3.50. The number of ether oxygens (including phenoxy) is 1. The Balaban J connectivity index is 1.31. The molecule has 4 aromatic carbocycles. The number of nitro groups is 1. The minimum absolute atomic E-state index is 0.0362. The molecule has 0 fully saturated rings. The van der Waals surface area contributed by atoms with Crippen molar-refractivity contribution in [3.05, 3.63) is 130 Å². The van der Waals surface area contributed by atoms with Gasteiger partial charge in [-0.1, -0.05) is 67.9 Å². The first kappa shape index (κ1) is 33.1. The number of fused-ring (bicyclic) bond motifs is 1. The molecule has 1 atom stereocenters. The minimum Gasteiger partial charge on any atom is -0.497 e. The van der Waals surface area contributed by atoms with Gasteiger partial charge in [0.25, 0.3) is 5.69 Å². The molecule has 242 valence electrons. The molecule has 10 nitrogen and oxygen atoms in total. The number of nitro benzene ring substituents is 1. The highest BCUT2D eigenvalue weighted by atomic mass is 32.1. The first-order valence-electron chi connectivity index (χ1n) is 15.5. The summed E-state index contributed by atoms with van der Waals surface area (Å²) in [6.07, 6.45) is 5.14. The third kappa shape index (κ3) is 8.92. The molecule has 47 heavy (non-hydrogen) atoms. The Bertz CT molecular complexity index is 1820. The van der Waals surface area contributed by atoms with Crippen molar-refractivity contribution in [3.63, 3.8) is 0 Å². The summed E-state index contributed by atoms with van der Waals surface area (Å²) < 4.78 is 7.19. The van der Waals surface area contributed by atoms with Crippen LogP contribution in [0.4, 0.5) is 11.4 Å². The second kappa shape index (κ2) is 15.8. The van der Waals surface area contributed by atoms with Crippen LogP contribution in [-0.4, -0.2) is 50.1 Å². The maximum Gasteiger partial charge on any atom is 0.269 e. The van der Waals surface area contributed by atoms with Crippen LogP contribution in [0.15, 0.2) is 104 Å². The number of thiocarbonyl (C=S) groups is 1. The summed E-state index contributed by atoms with van der Waals surface area (Å²) in [7, 11) is 1.63. The van der Waals surface area contributed by atoms with Crippen LogP contribution in [0.25, 0.3) is 10.8 Å². The van der Waals surface area contributed by atoms with Crippen molar-refractivity contribution in [2.75, 3.05) is 19.0 Å². The van der Waals surface area contributed by atoms with Crippen LogP contribution in [0, 0.1) is 10.1 Å². The number of carbonyl (C=O) groups excluding carboxylic acids is 1. The van der Waals surface area contributed by atoms with E-state index in [9.17, 15) is 14.9 Å². The van der Waals surface area contributed by atoms with Crippen LogP contribution < -0.4 is 15.4 Å². The Kier molecular flexibility index (Phi) is 11.1. The molecule has 0 aliphatic heterocycles. The van der Waals surface area contributed by atoms with Crippen LogP contribution in [0.3, 0.4) is 0 Å². The number of methoxy groups -OCH3 is 1. The summed E-state index contributed by atoms with van der Waals surface area (Å²) in [4.78, 5) is 30.4. The molecular weight excluding hydrogens is 613 g/mol. The fourth-order valence-corrected chi connectivity index (χ4v) is 5.81. The Morgan fingerprint density at radius 3 is 2.51 bits per heavy atom. The van der Waals surface area contributed by atoms with Crippen molar-refractivity contribution in [3.8, 4) is 5.75 Å². The minimum atomic E-state index is -0.422. The fourth-order valence-electron chi connectivity index (χ4n) is 5.56. The third-order valence-corrected chi connectivity index (χ3v) is 8.31. The number of benzene rings is 4. The van der Waals surface area contributed by atoms with Crippen LogP contribution in [0.5, 0.6) is 5.75 Å². The molecule has 1 amide bonds. The number of imidazole rings is 1. The lowest BCUT2D eigenvalue weighted by Gasteiger charge is -2.31. The Labute approximate surface area is 279 Å². The van der Waals surface area contributed by atoms with E-state index in [-0.39, 0.29) is 24.1 Å². The number of anilines is 1. The lowest BCUT2D eigenvalue weighted by molar-refractivity contribution is -0.384. The van der Waals surface area contributed by atoms with E-state index in [1.54, 1.807) is 31.8 Å². The second-order valence-electron chi connectivity index (χ2n) is 11.3. The maximum absolute atomic E-state index is 13.4. The molecular formula is C36H38N6O4S. The molecule has 5 aromatic rings. The summed E-state index contributed by atoms with van der Waals surface area (Å²) in [6, 6.07) is 28.4. The highest BCUT2D eigenvalue weighted by Crippen LogP contribution is 2.22.